The molecule has 2 aliphatic heterocycles. The molecule has 1 unspecified atom stereocenters. The Hall–Kier alpha value is -4.69. The van der Waals surface area contributed by atoms with Gasteiger partial charge in [0.15, 0.2) is 0 Å². The minimum atomic E-state index is -1.07. The van der Waals surface area contributed by atoms with E-state index in [2.05, 4.69) is 37.0 Å². The van der Waals surface area contributed by atoms with Gasteiger partial charge in [0.2, 0.25) is 17.8 Å². The van der Waals surface area contributed by atoms with Crippen LogP contribution in [0.1, 0.15) is 12.5 Å². The molecular formula is C32H49N11O8. The lowest BCUT2D eigenvalue weighted by atomic mass is 10.0. The molecule has 19 nitrogen and oxygen atoms in total. The number of nitrogen functional groups attached to an aromatic ring is 1. The molecule has 1 atom stereocenters. The van der Waals surface area contributed by atoms with Crippen molar-refractivity contribution in [3.63, 3.8) is 0 Å². The van der Waals surface area contributed by atoms with E-state index in [0.29, 0.717) is 24.0 Å². The number of carboxylic acids is 4. The van der Waals surface area contributed by atoms with Crippen molar-refractivity contribution in [2.24, 2.45) is 0 Å². The van der Waals surface area contributed by atoms with Gasteiger partial charge in [0.1, 0.15) is 0 Å². The average molecular weight is 716 g/mol. The van der Waals surface area contributed by atoms with Crippen molar-refractivity contribution in [1.29, 1.82) is 0 Å². The normalized spacial score (nSPS) is 19.5. The van der Waals surface area contributed by atoms with Crippen molar-refractivity contribution in [3.05, 3.63) is 29.8 Å². The lowest BCUT2D eigenvalue weighted by Gasteiger charge is -2.37. The standard InChI is InChI=1S/C32H49N11O8/c1-2-38-11-14-42(15-12-38)32-36-30(33)35-31(37-32)34-24-5-3-23(4-6-24)17-25-18-41(21-28(48)49)10-9-39(19-26(44)45)7-8-40(20-27(46)47)13-16-43(25)22-29(50)51/h3-6,25H,2,7-22H2,1H3,(H,44,45)(H,46,47)(H,48,49)(H,50,51)(H3,33,34,35,36,37). The fourth-order valence-corrected chi connectivity index (χ4v) is 6.32. The van der Waals surface area contributed by atoms with Crippen LogP contribution >= 0.6 is 0 Å². The Balaban J connectivity index is 1.54. The zero-order valence-corrected chi connectivity index (χ0v) is 28.9. The summed E-state index contributed by atoms with van der Waals surface area (Å²) in [6.45, 7) is 6.71. The maximum absolute atomic E-state index is 12.0. The highest BCUT2D eigenvalue weighted by molar-refractivity contribution is 5.70. The molecule has 2 aromatic rings. The number of hydrogen-bond donors (Lipinski definition) is 6. The molecule has 0 bridgehead atoms. The van der Waals surface area contributed by atoms with E-state index >= 15 is 0 Å². The molecule has 7 N–H and O–H groups in total. The SMILES string of the molecule is CCN1CCN(c2nc(N)nc(Nc3ccc(CC4CN(CC(=O)O)CCN(CC(=O)O)CCN(CC(=O)O)CCN4CC(=O)O)cc3)n2)CC1. The number of benzene rings is 1. The first-order valence-electron chi connectivity index (χ1n) is 17.0. The molecule has 2 saturated heterocycles. The molecule has 4 rings (SSSR count). The maximum atomic E-state index is 12.0. The van der Waals surface area contributed by atoms with Gasteiger partial charge >= 0.3 is 23.9 Å². The van der Waals surface area contributed by atoms with Gasteiger partial charge in [0.05, 0.1) is 26.2 Å². The first kappa shape index (κ1) is 39.1. The van der Waals surface area contributed by atoms with Crippen LogP contribution < -0.4 is 16.0 Å². The number of likely N-dealkylation sites (N-methyl/N-ethyl adjacent to an activating group) is 1. The third-order valence-corrected chi connectivity index (χ3v) is 8.99. The van der Waals surface area contributed by atoms with Crippen LogP contribution in [0.15, 0.2) is 24.3 Å². The number of nitrogens with zero attached hydrogens (tertiary/aromatic N) is 9. The molecule has 0 amide bonds. The van der Waals surface area contributed by atoms with Gasteiger partial charge < -0.3 is 41.3 Å². The fraction of sp³-hybridized carbons (Fsp3) is 0.594. The molecule has 0 spiro atoms. The number of aliphatic carboxylic acids is 4. The molecular weight excluding hydrogens is 666 g/mol. The van der Waals surface area contributed by atoms with Gasteiger partial charge in [-0.15, -0.1) is 0 Å². The zero-order chi connectivity index (χ0) is 36.9. The number of aromatic nitrogens is 3. The molecule has 2 fully saturated rings. The van der Waals surface area contributed by atoms with Crippen molar-refractivity contribution < 1.29 is 39.6 Å². The molecule has 2 aliphatic rings. The van der Waals surface area contributed by atoms with Crippen LogP contribution in [0.5, 0.6) is 0 Å². The summed E-state index contributed by atoms with van der Waals surface area (Å²) >= 11 is 0. The molecule has 51 heavy (non-hydrogen) atoms. The zero-order valence-electron chi connectivity index (χ0n) is 28.9. The Morgan fingerprint density at radius 3 is 1.75 bits per heavy atom. The van der Waals surface area contributed by atoms with Crippen LogP contribution in [0.4, 0.5) is 23.5 Å². The Morgan fingerprint density at radius 1 is 0.686 bits per heavy atom. The minimum absolute atomic E-state index is 0.0944. The summed E-state index contributed by atoms with van der Waals surface area (Å²) in [4.78, 5) is 71.4. The predicted molar refractivity (Wildman–Crippen MR) is 187 cm³/mol. The number of carboxylic acid groups (broad SMARTS) is 4. The third-order valence-electron chi connectivity index (χ3n) is 8.99. The van der Waals surface area contributed by atoms with Crippen LogP contribution in [-0.2, 0) is 25.6 Å². The fourth-order valence-electron chi connectivity index (χ4n) is 6.32. The van der Waals surface area contributed by atoms with Crippen molar-refractivity contribution in [2.75, 3.05) is 121 Å². The maximum Gasteiger partial charge on any atom is 0.317 e. The van der Waals surface area contributed by atoms with Crippen LogP contribution in [0, 0.1) is 0 Å². The number of anilines is 4. The van der Waals surface area contributed by atoms with Crippen molar-refractivity contribution >= 4 is 47.4 Å². The second-order valence-electron chi connectivity index (χ2n) is 12.8. The molecule has 280 valence electrons. The van der Waals surface area contributed by atoms with Gasteiger partial charge in [-0.25, -0.2) is 0 Å². The van der Waals surface area contributed by atoms with Gasteiger partial charge in [-0.3, -0.25) is 38.8 Å². The smallest absolute Gasteiger partial charge is 0.317 e. The molecule has 0 aliphatic carbocycles. The highest BCUT2D eigenvalue weighted by Gasteiger charge is 2.28. The van der Waals surface area contributed by atoms with E-state index in [1.807, 2.05) is 24.3 Å². The lowest BCUT2D eigenvalue weighted by molar-refractivity contribution is -0.142. The number of hydrogen-bond acceptors (Lipinski definition) is 15. The van der Waals surface area contributed by atoms with Gasteiger partial charge in [0.25, 0.3) is 0 Å². The van der Waals surface area contributed by atoms with Crippen LogP contribution in [0.2, 0.25) is 0 Å². The lowest BCUT2D eigenvalue weighted by Crippen LogP contribution is -2.53. The van der Waals surface area contributed by atoms with Crippen molar-refractivity contribution in [2.45, 2.75) is 19.4 Å². The summed E-state index contributed by atoms with van der Waals surface area (Å²) in [7, 11) is 0. The quantitative estimate of drug-likeness (QED) is 0.135. The summed E-state index contributed by atoms with van der Waals surface area (Å²) in [6, 6.07) is 6.94. The minimum Gasteiger partial charge on any atom is -0.480 e. The van der Waals surface area contributed by atoms with E-state index < -0.39 is 29.9 Å². The molecule has 19 heteroatoms. The highest BCUT2D eigenvalue weighted by atomic mass is 16.4. The Bertz CT molecular complexity index is 1480. The second kappa shape index (κ2) is 19.1. The summed E-state index contributed by atoms with van der Waals surface area (Å²) in [6.07, 6.45) is 0.355. The van der Waals surface area contributed by atoms with E-state index in [1.165, 1.54) is 0 Å². The summed E-state index contributed by atoms with van der Waals surface area (Å²) in [5.74, 6) is -3.36. The third kappa shape index (κ3) is 13.2. The topological polar surface area (TPSA) is 245 Å². The molecule has 0 saturated carbocycles. The molecule has 1 aromatic carbocycles. The van der Waals surface area contributed by atoms with Crippen LogP contribution in [-0.4, -0.2) is 195 Å². The first-order chi connectivity index (χ1) is 24.4. The van der Waals surface area contributed by atoms with Gasteiger partial charge in [-0.05, 0) is 30.7 Å². The van der Waals surface area contributed by atoms with Gasteiger partial charge in [0, 0.05) is 83.7 Å². The summed E-state index contributed by atoms with van der Waals surface area (Å²) in [5, 5.41) is 41.7. The van der Waals surface area contributed by atoms with E-state index in [4.69, 9.17) is 5.73 Å². The van der Waals surface area contributed by atoms with E-state index in [1.54, 1.807) is 19.6 Å². The second-order valence-corrected chi connectivity index (χ2v) is 12.8. The summed E-state index contributed by atoms with van der Waals surface area (Å²) < 4.78 is 0. The van der Waals surface area contributed by atoms with E-state index in [-0.39, 0.29) is 77.9 Å². The number of nitrogens with two attached hydrogens (primary N) is 1. The monoisotopic (exact) mass is 715 g/mol. The Morgan fingerprint density at radius 2 is 1.20 bits per heavy atom. The highest BCUT2D eigenvalue weighted by Crippen LogP contribution is 2.20. The number of piperazine rings is 1. The average Bonchev–Trinajstić information content (AvgIpc) is 3.06. The number of nitrogens with one attached hydrogen (secondary N) is 1. The Kier molecular flexibility index (Phi) is 14.6. The first-order valence-corrected chi connectivity index (χ1v) is 17.0. The molecule has 1 aromatic heterocycles. The van der Waals surface area contributed by atoms with Gasteiger partial charge in [-0.2, -0.15) is 15.0 Å². The van der Waals surface area contributed by atoms with Crippen molar-refractivity contribution in [1.82, 2.24) is 39.5 Å². The van der Waals surface area contributed by atoms with E-state index in [0.717, 1.165) is 38.3 Å². The van der Waals surface area contributed by atoms with Crippen LogP contribution in [0.3, 0.4) is 0 Å². The van der Waals surface area contributed by atoms with Crippen molar-refractivity contribution in [3.8, 4) is 0 Å². The van der Waals surface area contributed by atoms with E-state index in [9.17, 15) is 39.6 Å². The predicted octanol–water partition coefficient (Wildman–Crippen LogP) is -1.19. The van der Waals surface area contributed by atoms with Crippen LogP contribution in [0.25, 0.3) is 0 Å². The number of carbonyl (C=O) groups is 4. The van der Waals surface area contributed by atoms with Gasteiger partial charge in [-0.1, -0.05) is 19.1 Å². The summed E-state index contributed by atoms with van der Waals surface area (Å²) in [5.41, 5.74) is 7.56. The Labute approximate surface area is 296 Å². The molecule has 3 heterocycles. The largest absolute Gasteiger partial charge is 0.480 e. The molecule has 0 radical (unpaired) electrons. The number of rotatable bonds is 14.